The van der Waals surface area contributed by atoms with Gasteiger partial charge in [0.2, 0.25) is 0 Å². The van der Waals surface area contributed by atoms with Gasteiger partial charge in [-0.15, -0.1) is 0 Å². The van der Waals surface area contributed by atoms with Gasteiger partial charge in [-0.1, -0.05) is 42.5 Å². The summed E-state index contributed by atoms with van der Waals surface area (Å²) in [6.45, 7) is 9.04. The smallest absolute Gasteiger partial charge is 0.345 e. The zero-order valence-corrected chi connectivity index (χ0v) is 28.9. The van der Waals surface area contributed by atoms with Crippen LogP contribution in [0.4, 0.5) is 13.2 Å². The fraction of sp³-hybridized carbons (Fsp3) is 0.421. The summed E-state index contributed by atoms with van der Waals surface area (Å²) >= 11 is 0. The van der Waals surface area contributed by atoms with Crippen LogP contribution < -0.4 is 5.32 Å². The molecule has 0 aliphatic carbocycles. The third-order valence-corrected chi connectivity index (χ3v) is 12.1. The van der Waals surface area contributed by atoms with Gasteiger partial charge in [-0.3, -0.25) is 9.69 Å². The Labute approximate surface area is 286 Å². The molecule has 6 rings (SSSR count). The minimum Gasteiger partial charge on any atom is -0.345 e. The molecule has 1 N–H and O–H groups in total. The quantitative estimate of drug-likeness (QED) is 0.194. The second-order valence-electron chi connectivity index (χ2n) is 13.5. The molecule has 2 aliphatic heterocycles. The molecular formula is C38H43F3N4O3S. The van der Waals surface area contributed by atoms with E-state index in [9.17, 15) is 26.4 Å². The van der Waals surface area contributed by atoms with Crippen LogP contribution in [0.3, 0.4) is 0 Å². The van der Waals surface area contributed by atoms with Gasteiger partial charge in [0.15, 0.2) is 9.84 Å². The Morgan fingerprint density at radius 3 is 2.27 bits per heavy atom. The molecule has 2 saturated heterocycles. The molecule has 2 aliphatic rings. The van der Waals surface area contributed by atoms with E-state index in [4.69, 9.17) is 4.98 Å². The number of nitrogens with one attached hydrogen (secondary N) is 1. The fourth-order valence-corrected chi connectivity index (χ4v) is 8.18. The van der Waals surface area contributed by atoms with Crippen molar-refractivity contribution in [2.24, 2.45) is 0 Å². The molecule has 49 heavy (non-hydrogen) atoms. The molecule has 1 amide bonds. The van der Waals surface area contributed by atoms with E-state index >= 15 is 0 Å². The maximum absolute atomic E-state index is 14.5. The Hall–Kier alpha value is -3.80. The number of piperidine rings is 1. The molecule has 260 valence electrons. The summed E-state index contributed by atoms with van der Waals surface area (Å²) in [6, 6.07) is 19.1. The summed E-state index contributed by atoms with van der Waals surface area (Å²) in [4.78, 5) is 24.3. The van der Waals surface area contributed by atoms with Gasteiger partial charge in [-0.2, -0.15) is 13.2 Å². The van der Waals surface area contributed by atoms with Crippen molar-refractivity contribution in [3.63, 3.8) is 0 Å². The lowest BCUT2D eigenvalue weighted by molar-refractivity contribution is -0.137. The van der Waals surface area contributed by atoms with Crippen LogP contribution in [0.1, 0.15) is 79.5 Å². The molecule has 0 saturated carbocycles. The first-order valence-electron chi connectivity index (χ1n) is 17.0. The number of rotatable bonds is 9. The fourth-order valence-electron chi connectivity index (χ4n) is 7.09. The lowest BCUT2D eigenvalue weighted by atomic mass is 9.93. The van der Waals surface area contributed by atoms with Crippen LogP contribution in [0.2, 0.25) is 0 Å². The van der Waals surface area contributed by atoms with Crippen molar-refractivity contribution in [3.8, 4) is 11.3 Å². The van der Waals surface area contributed by atoms with Crippen LogP contribution in [0.5, 0.6) is 0 Å². The molecule has 4 aromatic rings. The Kier molecular flexibility index (Phi) is 10.2. The van der Waals surface area contributed by atoms with Gasteiger partial charge in [0, 0.05) is 29.1 Å². The number of halogens is 3. The van der Waals surface area contributed by atoms with Crippen LogP contribution in [-0.2, 0) is 22.6 Å². The van der Waals surface area contributed by atoms with Gasteiger partial charge in [0.25, 0.3) is 5.91 Å². The van der Waals surface area contributed by atoms with Crippen LogP contribution in [0.15, 0.2) is 77.7 Å². The Morgan fingerprint density at radius 2 is 1.61 bits per heavy atom. The molecule has 0 unspecified atom stereocenters. The van der Waals surface area contributed by atoms with E-state index in [-0.39, 0.29) is 28.3 Å². The van der Waals surface area contributed by atoms with E-state index in [1.54, 1.807) is 26.0 Å². The standard InChI is InChI=1S/C38H43F3N4O3S/c1-25(2)49(47,48)31-14-15-34-32(23-31)35(37(46)42-26(3)27-10-5-4-6-11-27)33(24-44-20-16-30(17-21-44)45-18-7-8-19-45)36(43-34)28-12-9-13-29(22-28)38(39,40)41/h4-6,9-15,22-23,25-26,30H,7-8,16-21,24H2,1-3H3,(H,42,46)/t26-/m0/s1. The van der Waals surface area contributed by atoms with Crippen molar-refractivity contribution in [3.05, 3.63) is 95.1 Å². The van der Waals surface area contributed by atoms with Gasteiger partial charge in [-0.05, 0) is 109 Å². The molecule has 7 nitrogen and oxygen atoms in total. The molecule has 0 spiro atoms. The number of benzene rings is 3. The maximum Gasteiger partial charge on any atom is 0.416 e. The second-order valence-corrected chi connectivity index (χ2v) is 16.0. The summed E-state index contributed by atoms with van der Waals surface area (Å²) in [7, 11) is -3.72. The van der Waals surface area contributed by atoms with Gasteiger partial charge < -0.3 is 10.2 Å². The average Bonchev–Trinajstić information content (AvgIpc) is 3.63. The van der Waals surface area contributed by atoms with Crippen molar-refractivity contribution in [1.29, 1.82) is 0 Å². The topological polar surface area (TPSA) is 82.6 Å². The largest absolute Gasteiger partial charge is 0.416 e. The highest BCUT2D eigenvalue weighted by atomic mass is 32.2. The van der Waals surface area contributed by atoms with Crippen molar-refractivity contribution in [1.82, 2.24) is 20.1 Å². The number of carbonyl (C=O) groups excluding carboxylic acids is 1. The van der Waals surface area contributed by atoms with E-state index in [0.717, 1.165) is 56.7 Å². The van der Waals surface area contributed by atoms with E-state index in [1.165, 1.54) is 31.0 Å². The minimum atomic E-state index is -4.57. The predicted molar refractivity (Wildman–Crippen MR) is 186 cm³/mol. The van der Waals surface area contributed by atoms with E-state index in [2.05, 4.69) is 15.1 Å². The molecule has 2 fully saturated rings. The average molecular weight is 693 g/mol. The van der Waals surface area contributed by atoms with Gasteiger partial charge in [0.1, 0.15) is 0 Å². The number of fused-ring (bicyclic) bond motifs is 1. The number of alkyl halides is 3. The highest BCUT2D eigenvalue weighted by Crippen LogP contribution is 2.37. The maximum atomic E-state index is 14.5. The van der Waals surface area contributed by atoms with Crippen molar-refractivity contribution in [2.45, 2.75) is 81.4 Å². The minimum absolute atomic E-state index is 0.0613. The summed E-state index contributed by atoms with van der Waals surface area (Å²) in [6.07, 6.45) is -0.266. The third kappa shape index (κ3) is 7.54. The predicted octanol–water partition coefficient (Wildman–Crippen LogP) is 7.65. The zero-order chi connectivity index (χ0) is 34.9. The molecule has 0 radical (unpaired) electrons. The van der Waals surface area contributed by atoms with E-state index in [0.29, 0.717) is 22.5 Å². The summed E-state index contributed by atoms with van der Waals surface area (Å²) in [5.41, 5.74) is 1.60. The number of pyridine rings is 1. The molecule has 3 aromatic carbocycles. The number of aromatic nitrogens is 1. The van der Waals surface area contributed by atoms with Crippen molar-refractivity contribution < 1.29 is 26.4 Å². The summed E-state index contributed by atoms with van der Waals surface area (Å²) in [5, 5.41) is 2.74. The first-order chi connectivity index (χ1) is 23.3. The first kappa shape index (κ1) is 35.0. The number of sulfone groups is 1. The number of hydrogen-bond acceptors (Lipinski definition) is 6. The number of carbonyl (C=O) groups is 1. The van der Waals surface area contributed by atoms with E-state index in [1.807, 2.05) is 37.3 Å². The van der Waals surface area contributed by atoms with E-state index < -0.39 is 38.8 Å². The number of likely N-dealkylation sites (tertiary alicyclic amines) is 2. The van der Waals surface area contributed by atoms with Crippen molar-refractivity contribution >= 4 is 26.6 Å². The zero-order valence-electron chi connectivity index (χ0n) is 28.1. The normalized spacial score (nSPS) is 17.5. The molecular weight excluding hydrogens is 650 g/mol. The van der Waals surface area contributed by atoms with Crippen LogP contribution in [0.25, 0.3) is 22.2 Å². The summed E-state index contributed by atoms with van der Waals surface area (Å²) < 4.78 is 68.5. The van der Waals surface area contributed by atoms with Crippen LogP contribution in [-0.4, -0.2) is 66.6 Å². The first-order valence-corrected chi connectivity index (χ1v) is 18.6. The highest BCUT2D eigenvalue weighted by molar-refractivity contribution is 7.92. The third-order valence-electron chi connectivity index (χ3n) is 9.94. The van der Waals surface area contributed by atoms with Crippen molar-refractivity contribution in [2.75, 3.05) is 26.2 Å². The molecule has 1 atom stereocenters. The van der Waals surface area contributed by atoms with Gasteiger partial charge >= 0.3 is 6.18 Å². The lowest BCUT2D eigenvalue weighted by Gasteiger charge is -2.37. The molecule has 1 aromatic heterocycles. The van der Waals surface area contributed by atoms with Gasteiger partial charge in [0.05, 0.1) is 38.5 Å². The number of nitrogens with zero attached hydrogens (tertiary/aromatic N) is 3. The van der Waals surface area contributed by atoms with Crippen LogP contribution >= 0.6 is 0 Å². The number of amides is 1. The monoisotopic (exact) mass is 692 g/mol. The number of hydrogen-bond donors (Lipinski definition) is 1. The Balaban J connectivity index is 1.52. The summed E-state index contributed by atoms with van der Waals surface area (Å²) in [5.74, 6) is -0.446. The second kappa shape index (κ2) is 14.2. The molecule has 0 bridgehead atoms. The SMILES string of the molecule is CC(C)S(=O)(=O)c1ccc2nc(-c3cccc(C(F)(F)F)c3)c(CN3CCC(N4CCCC4)CC3)c(C(=O)N[C@@H](C)c3ccccc3)c2c1. The van der Waals surface area contributed by atoms with Crippen LogP contribution in [0, 0.1) is 0 Å². The van der Waals surface area contributed by atoms with Gasteiger partial charge in [-0.25, -0.2) is 13.4 Å². The Morgan fingerprint density at radius 1 is 0.918 bits per heavy atom. The molecule has 3 heterocycles. The molecule has 11 heteroatoms. The highest BCUT2D eigenvalue weighted by Gasteiger charge is 2.33. The Bertz CT molecular complexity index is 1920. The lowest BCUT2D eigenvalue weighted by Crippen LogP contribution is -2.43.